The van der Waals surface area contributed by atoms with Crippen LogP contribution in [0.25, 0.3) is 0 Å². The van der Waals surface area contributed by atoms with Crippen LogP contribution >= 0.6 is 0 Å². The van der Waals surface area contributed by atoms with Crippen molar-refractivity contribution in [2.75, 3.05) is 33.7 Å². The minimum atomic E-state index is 0.330. The first kappa shape index (κ1) is 19.2. The van der Waals surface area contributed by atoms with Crippen molar-refractivity contribution in [3.63, 3.8) is 0 Å². The number of rotatable bonds is 6. The van der Waals surface area contributed by atoms with Gasteiger partial charge in [-0.15, -0.1) is 0 Å². The predicted octanol–water partition coefficient (Wildman–Crippen LogP) is 3.27. The maximum absolute atomic E-state index is 12.9. The fourth-order valence-corrected chi connectivity index (χ4v) is 4.76. The lowest BCUT2D eigenvalue weighted by Crippen LogP contribution is -2.39. The van der Waals surface area contributed by atoms with Gasteiger partial charge in [0.15, 0.2) is 0 Å². The van der Waals surface area contributed by atoms with E-state index in [1.165, 1.54) is 17.0 Å². The van der Waals surface area contributed by atoms with E-state index in [2.05, 4.69) is 63.9 Å². The Bertz CT molecular complexity index is 804. The van der Waals surface area contributed by atoms with Crippen LogP contribution in [0, 0.1) is 0 Å². The van der Waals surface area contributed by atoms with Gasteiger partial charge in [0.25, 0.3) is 0 Å². The van der Waals surface area contributed by atoms with Crippen LogP contribution < -0.4 is 0 Å². The summed E-state index contributed by atoms with van der Waals surface area (Å²) in [4.78, 5) is 21.8. The molecule has 1 atom stereocenters. The number of aryl methyl sites for hydroxylation is 1. The van der Waals surface area contributed by atoms with E-state index in [-0.39, 0.29) is 0 Å². The molecule has 5 heteroatoms. The fraction of sp³-hybridized carbons (Fsp3) is 0.565. The van der Waals surface area contributed by atoms with E-state index in [0.29, 0.717) is 24.2 Å². The second kappa shape index (κ2) is 8.48. The molecule has 1 aliphatic heterocycles. The van der Waals surface area contributed by atoms with Crippen molar-refractivity contribution in [3.05, 3.63) is 53.6 Å². The van der Waals surface area contributed by atoms with Crippen LogP contribution in [0.5, 0.6) is 0 Å². The van der Waals surface area contributed by atoms with E-state index in [9.17, 15) is 4.79 Å². The van der Waals surface area contributed by atoms with Gasteiger partial charge in [0.2, 0.25) is 5.91 Å². The van der Waals surface area contributed by atoms with E-state index in [1.807, 2.05) is 6.20 Å². The lowest BCUT2D eigenvalue weighted by Gasteiger charge is -2.32. The van der Waals surface area contributed by atoms with E-state index in [1.54, 1.807) is 0 Å². The van der Waals surface area contributed by atoms with Crippen LogP contribution in [-0.4, -0.2) is 59.0 Å². The zero-order chi connectivity index (χ0) is 19.5. The number of fused-ring (bicyclic) bond motifs is 1. The minimum absolute atomic E-state index is 0.330. The van der Waals surface area contributed by atoms with Crippen LogP contribution in [0.15, 0.2) is 36.7 Å². The standard InChI is InChI=1S/C23H32N4O/c1-25(2)15-16-27-14-11-24-23(27)19-9-12-26(13-10-19)22(28)17-20-8-7-18-5-3-4-6-21(18)20/h3-6,11,14,19-20H,7-10,12-13,15-17H2,1-2H3. The molecule has 1 aromatic carbocycles. The molecule has 2 aliphatic rings. The van der Waals surface area contributed by atoms with Gasteiger partial charge in [-0.3, -0.25) is 4.79 Å². The number of amides is 1. The molecule has 4 rings (SSSR count). The molecule has 5 nitrogen and oxygen atoms in total. The van der Waals surface area contributed by atoms with Crippen molar-refractivity contribution in [2.24, 2.45) is 0 Å². The number of likely N-dealkylation sites (N-methyl/N-ethyl adjacent to an activating group) is 1. The Morgan fingerprint density at radius 3 is 2.75 bits per heavy atom. The van der Waals surface area contributed by atoms with Crippen LogP contribution in [0.3, 0.4) is 0 Å². The normalized spacial score (nSPS) is 20.0. The minimum Gasteiger partial charge on any atom is -0.343 e. The Hall–Kier alpha value is -2.14. The number of likely N-dealkylation sites (tertiary alicyclic amines) is 1. The van der Waals surface area contributed by atoms with Crippen LogP contribution in [0.4, 0.5) is 0 Å². The third kappa shape index (κ3) is 4.14. The number of hydrogen-bond donors (Lipinski definition) is 0. The molecule has 0 N–H and O–H groups in total. The summed E-state index contributed by atoms with van der Waals surface area (Å²) >= 11 is 0. The number of aromatic nitrogens is 2. The van der Waals surface area contributed by atoms with Crippen LogP contribution in [-0.2, 0) is 17.8 Å². The zero-order valence-corrected chi connectivity index (χ0v) is 17.2. The number of nitrogens with zero attached hydrogens (tertiary/aromatic N) is 4. The maximum atomic E-state index is 12.9. The van der Waals surface area contributed by atoms with Gasteiger partial charge in [0.05, 0.1) is 0 Å². The van der Waals surface area contributed by atoms with Crippen molar-refractivity contribution in [1.29, 1.82) is 0 Å². The summed E-state index contributed by atoms with van der Waals surface area (Å²) in [5.74, 6) is 2.40. The average molecular weight is 381 g/mol. The topological polar surface area (TPSA) is 41.4 Å². The quantitative estimate of drug-likeness (QED) is 0.772. The molecule has 1 aliphatic carbocycles. The van der Waals surface area contributed by atoms with E-state index in [4.69, 9.17) is 0 Å². The van der Waals surface area contributed by atoms with Gasteiger partial charge in [-0.05, 0) is 56.8 Å². The highest BCUT2D eigenvalue weighted by atomic mass is 16.2. The maximum Gasteiger partial charge on any atom is 0.223 e. The first-order valence-corrected chi connectivity index (χ1v) is 10.6. The molecule has 0 radical (unpaired) electrons. The van der Waals surface area contributed by atoms with Gasteiger partial charge in [-0.2, -0.15) is 0 Å². The molecule has 0 spiro atoms. The summed E-state index contributed by atoms with van der Waals surface area (Å²) < 4.78 is 2.29. The third-order valence-corrected chi connectivity index (χ3v) is 6.43. The second-order valence-corrected chi connectivity index (χ2v) is 8.58. The average Bonchev–Trinajstić information content (AvgIpc) is 3.34. The Morgan fingerprint density at radius 1 is 1.18 bits per heavy atom. The van der Waals surface area contributed by atoms with Crippen molar-refractivity contribution < 1.29 is 4.79 Å². The zero-order valence-electron chi connectivity index (χ0n) is 17.2. The SMILES string of the molecule is CN(C)CCn1ccnc1C1CCN(C(=O)CC2CCc3ccccc32)CC1. The Morgan fingerprint density at radius 2 is 1.96 bits per heavy atom. The van der Waals surface area contributed by atoms with E-state index >= 15 is 0 Å². The van der Waals surface area contributed by atoms with Gasteiger partial charge in [-0.25, -0.2) is 4.98 Å². The summed E-state index contributed by atoms with van der Waals surface area (Å²) in [5.41, 5.74) is 2.83. The second-order valence-electron chi connectivity index (χ2n) is 8.58. The fourth-order valence-electron chi connectivity index (χ4n) is 4.76. The monoisotopic (exact) mass is 380 g/mol. The van der Waals surface area contributed by atoms with Gasteiger partial charge < -0.3 is 14.4 Å². The first-order chi connectivity index (χ1) is 13.6. The first-order valence-electron chi connectivity index (χ1n) is 10.6. The lowest BCUT2D eigenvalue weighted by molar-refractivity contribution is -0.132. The number of piperidine rings is 1. The van der Waals surface area contributed by atoms with Crippen LogP contribution in [0.1, 0.15) is 54.5 Å². The van der Waals surface area contributed by atoms with E-state index in [0.717, 1.165) is 51.9 Å². The number of hydrogen-bond acceptors (Lipinski definition) is 3. The van der Waals surface area contributed by atoms with Gasteiger partial charge in [0.1, 0.15) is 5.82 Å². The molecule has 2 aromatic rings. The largest absolute Gasteiger partial charge is 0.343 e. The highest BCUT2D eigenvalue weighted by molar-refractivity contribution is 5.77. The van der Waals surface area contributed by atoms with Gasteiger partial charge in [0, 0.05) is 50.9 Å². The Balaban J connectivity index is 1.31. The molecule has 0 saturated carbocycles. The Kier molecular flexibility index (Phi) is 5.81. The predicted molar refractivity (Wildman–Crippen MR) is 111 cm³/mol. The molecule has 1 amide bonds. The molecule has 0 bridgehead atoms. The van der Waals surface area contributed by atoms with Crippen molar-refractivity contribution in [3.8, 4) is 0 Å². The number of carbonyl (C=O) groups excluding carboxylic acids is 1. The van der Waals surface area contributed by atoms with E-state index < -0.39 is 0 Å². The molecule has 150 valence electrons. The number of benzene rings is 1. The lowest BCUT2D eigenvalue weighted by atomic mass is 9.93. The molecule has 1 fully saturated rings. The molecule has 2 heterocycles. The van der Waals surface area contributed by atoms with Crippen molar-refractivity contribution in [2.45, 2.75) is 50.5 Å². The molecular formula is C23H32N4O. The van der Waals surface area contributed by atoms with Gasteiger partial charge in [-0.1, -0.05) is 24.3 Å². The Labute approximate surface area is 168 Å². The molecule has 1 unspecified atom stereocenters. The highest BCUT2D eigenvalue weighted by Gasteiger charge is 2.30. The van der Waals surface area contributed by atoms with Gasteiger partial charge >= 0.3 is 0 Å². The van der Waals surface area contributed by atoms with Crippen molar-refractivity contribution >= 4 is 5.91 Å². The highest BCUT2D eigenvalue weighted by Crippen LogP contribution is 2.36. The van der Waals surface area contributed by atoms with Crippen molar-refractivity contribution in [1.82, 2.24) is 19.4 Å². The summed E-state index contributed by atoms with van der Waals surface area (Å²) in [6.45, 7) is 3.71. The summed E-state index contributed by atoms with van der Waals surface area (Å²) in [6, 6.07) is 8.63. The van der Waals surface area contributed by atoms with Crippen LogP contribution in [0.2, 0.25) is 0 Å². The molecule has 1 aromatic heterocycles. The summed E-state index contributed by atoms with van der Waals surface area (Å²) in [5, 5.41) is 0. The molecular weight excluding hydrogens is 348 g/mol. The third-order valence-electron chi connectivity index (χ3n) is 6.43. The number of carbonyl (C=O) groups is 1. The smallest absolute Gasteiger partial charge is 0.223 e. The molecule has 1 saturated heterocycles. The summed E-state index contributed by atoms with van der Waals surface area (Å²) in [6.07, 6.45) is 8.95. The number of imidazole rings is 1. The summed E-state index contributed by atoms with van der Waals surface area (Å²) in [7, 11) is 4.20. The molecule has 28 heavy (non-hydrogen) atoms.